The molecule has 2 rings (SSSR count). The van der Waals surface area contributed by atoms with Crippen LogP contribution in [0.3, 0.4) is 0 Å². The van der Waals surface area contributed by atoms with Crippen molar-refractivity contribution in [1.29, 1.82) is 0 Å². The standard InChI is InChI=1S/C19H21F3N2OS/c1-12(2)26-23-11-19(3,22)13-4-7-15(8-5-13)24-18(25)16-9-6-14(20)10-17(16)21/h4-10,12,23H,11H2,1-3H3,(H,24,25). The molecule has 0 aliphatic rings. The minimum Gasteiger partial charge on any atom is -0.322 e. The van der Waals surface area contributed by atoms with E-state index in [1.165, 1.54) is 18.9 Å². The van der Waals surface area contributed by atoms with Crippen LogP contribution in [-0.2, 0) is 5.67 Å². The molecule has 0 aliphatic heterocycles. The molecule has 26 heavy (non-hydrogen) atoms. The van der Waals surface area contributed by atoms with E-state index in [2.05, 4.69) is 10.0 Å². The van der Waals surface area contributed by atoms with Gasteiger partial charge in [0.2, 0.25) is 0 Å². The summed E-state index contributed by atoms with van der Waals surface area (Å²) in [5.41, 5.74) is -0.989. The van der Waals surface area contributed by atoms with E-state index in [0.29, 0.717) is 22.6 Å². The van der Waals surface area contributed by atoms with Crippen LogP contribution < -0.4 is 10.0 Å². The summed E-state index contributed by atoms with van der Waals surface area (Å²) in [6.45, 7) is 5.63. The van der Waals surface area contributed by atoms with E-state index in [4.69, 9.17) is 0 Å². The highest BCUT2D eigenvalue weighted by molar-refractivity contribution is 7.97. The van der Waals surface area contributed by atoms with Crippen LogP contribution in [0.2, 0.25) is 0 Å². The van der Waals surface area contributed by atoms with Gasteiger partial charge < -0.3 is 5.32 Å². The molecule has 1 unspecified atom stereocenters. The maximum Gasteiger partial charge on any atom is 0.258 e. The van der Waals surface area contributed by atoms with Crippen molar-refractivity contribution in [3.63, 3.8) is 0 Å². The molecule has 0 spiro atoms. The Morgan fingerprint density at radius 2 is 1.81 bits per heavy atom. The summed E-state index contributed by atoms with van der Waals surface area (Å²) in [4.78, 5) is 12.1. The summed E-state index contributed by atoms with van der Waals surface area (Å²) in [5.74, 6) is -2.40. The molecule has 3 nitrogen and oxygen atoms in total. The average Bonchev–Trinajstić information content (AvgIpc) is 2.54. The molecule has 0 saturated carbocycles. The van der Waals surface area contributed by atoms with Crippen molar-refractivity contribution in [1.82, 2.24) is 4.72 Å². The van der Waals surface area contributed by atoms with Crippen molar-refractivity contribution in [3.05, 3.63) is 65.2 Å². The van der Waals surface area contributed by atoms with Crippen LogP contribution in [0, 0.1) is 11.6 Å². The molecule has 0 bridgehead atoms. The van der Waals surface area contributed by atoms with Gasteiger partial charge in [-0.05, 0) is 36.8 Å². The first-order valence-electron chi connectivity index (χ1n) is 8.13. The highest BCUT2D eigenvalue weighted by Gasteiger charge is 2.25. The van der Waals surface area contributed by atoms with Crippen LogP contribution in [0.15, 0.2) is 42.5 Å². The quantitative estimate of drug-likeness (QED) is 0.659. The zero-order chi connectivity index (χ0) is 19.3. The molecule has 0 heterocycles. The summed E-state index contributed by atoms with van der Waals surface area (Å²) in [7, 11) is 0. The first-order chi connectivity index (χ1) is 12.2. The van der Waals surface area contributed by atoms with Gasteiger partial charge in [0, 0.05) is 23.5 Å². The van der Waals surface area contributed by atoms with Crippen molar-refractivity contribution >= 4 is 23.5 Å². The lowest BCUT2D eigenvalue weighted by molar-refractivity contribution is 0.102. The Morgan fingerprint density at radius 1 is 1.15 bits per heavy atom. The van der Waals surface area contributed by atoms with Crippen LogP contribution in [0.5, 0.6) is 0 Å². The van der Waals surface area contributed by atoms with Crippen LogP contribution >= 0.6 is 11.9 Å². The number of rotatable bonds is 7. The lowest BCUT2D eigenvalue weighted by Crippen LogP contribution is -2.29. The van der Waals surface area contributed by atoms with Gasteiger partial charge in [0.05, 0.1) is 5.56 Å². The van der Waals surface area contributed by atoms with Gasteiger partial charge in [-0.3, -0.25) is 9.52 Å². The lowest BCUT2D eigenvalue weighted by Gasteiger charge is -2.22. The van der Waals surface area contributed by atoms with Gasteiger partial charge >= 0.3 is 0 Å². The number of hydrogen-bond acceptors (Lipinski definition) is 3. The number of benzene rings is 2. The zero-order valence-corrected chi connectivity index (χ0v) is 15.6. The average molecular weight is 382 g/mol. The first-order valence-corrected chi connectivity index (χ1v) is 9.01. The Balaban J connectivity index is 2.03. The van der Waals surface area contributed by atoms with E-state index in [0.717, 1.165) is 12.1 Å². The molecule has 140 valence electrons. The normalized spacial score (nSPS) is 13.5. The molecular formula is C19H21F3N2OS. The third kappa shape index (κ3) is 5.51. The second kappa shape index (κ2) is 8.60. The molecule has 0 radical (unpaired) electrons. The number of carbonyl (C=O) groups excluding carboxylic acids is 1. The maximum atomic E-state index is 14.8. The van der Waals surface area contributed by atoms with Crippen LogP contribution in [0.25, 0.3) is 0 Å². The predicted molar refractivity (Wildman–Crippen MR) is 99.9 cm³/mol. The number of halogens is 3. The third-order valence-electron chi connectivity index (χ3n) is 3.64. The van der Waals surface area contributed by atoms with E-state index in [-0.39, 0.29) is 12.1 Å². The van der Waals surface area contributed by atoms with Gasteiger partial charge in [-0.15, -0.1) is 0 Å². The van der Waals surface area contributed by atoms with Crippen molar-refractivity contribution in [2.24, 2.45) is 0 Å². The molecule has 2 aromatic rings. The minimum absolute atomic E-state index is 0.141. The summed E-state index contributed by atoms with van der Waals surface area (Å²) < 4.78 is 44.3. The summed E-state index contributed by atoms with van der Waals surface area (Å²) in [5, 5.41) is 2.85. The highest BCUT2D eigenvalue weighted by atomic mass is 32.2. The second-order valence-corrected chi connectivity index (χ2v) is 7.81. The Hall–Kier alpha value is -1.99. The van der Waals surface area contributed by atoms with Crippen molar-refractivity contribution in [2.75, 3.05) is 11.9 Å². The molecule has 0 aromatic heterocycles. The van der Waals surface area contributed by atoms with Gasteiger partial charge in [0.1, 0.15) is 17.3 Å². The summed E-state index contributed by atoms with van der Waals surface area (Å²) in [6, 6.07) is 8.96. The first kappa shape index (κ1) is 20.3. The molecule has 2 aromatic carbocycles. The van der Waals surface area contributed by atoms with E-state index in [9.17, 15) is 18.0 Å². The highest BCUT2D eigenvalue weighted by Crippen LogP contribution is 2.27. The SMILES string of the molecule is CC(C)SNCC(C)(F)c1ccc(NC(=O)c2ccc(F)cc2F)cc1. The predicted octanol–water partition coefficient (Wildman–Crippen LogP) is 5.05. The van der Waals surface area contributed by atoms with Gasteiger partial charge in [-0.2, -0.15) is 0 Å². The molecule has 1 atom stereocenters. The summed E-state index contributed by atoms with van der Waals surface area (Å²) in [6.07, 6.45) is 0. The second-order valence-electron chi connectivity index (χ2n) is 6.34. The molecule has 1 amide bonds. The largest absolute Gasteiger partial charge is 0.322 e. The Kier molecular flexibility index (Phi) is 6.72. The smallest absolute Gasteiger partial charge is 0.258 e. The Morgan fingerprint density at radius 3 is 2.38 bits per heavy atom. The number of alkyl halides is 1. The number of carbonyl (C=O) groups is 1. The van der Waals surface area contributed by atoms with Crippen LogP contribution in [0.4, 0.5) is 18.9 Å². The number of amides is 1. The summed E-state index contributed by atoms with van der Waals surface area (Å²) >= 11 is 1.46. The van der Waals surface area contributed by atoms with E-state index in [1.807, 2.05) is 13.8 Å². The fourth-order valence-electron chi connectivity index (χ4n) is 2.22. The number of anilines is 1. The van der Waals surface area contributed by atoms with Crippen LogP contribution in [-0.4, -0.2) is 17.7 Å². The van der Waals surface area contributed by atoms with Gasteiger partial charge in [-0.1, -0.05) is 37.9 Å². The Labute approximate surface area is 155 Å². The molecule has 0 fully saturated rings. The fraction of sp³-hybridized carbons (Fsp3) is 0.316. The fourth-order valence-corrected chi connectivity index (χ4v) is 2.91. The van der Waals surface area contributed by atoms with Gasteiger partial charge in [0.25, 0.3) is 5.91 Å². The minimum atomic E-state index is -1.58. The lowest BCUT2D eigenvalue weighted by atomic mass is 9.98. The Bertz CT molecular complexity index is 764. The molecule has 2 N–H and O–H groups in total. The topological polar surface area (TPSA) is 41.1 Å². The van der Waals surface area contributed by atoms with Gasteiger partial charge in [-0.25, -0.2) is 13.2 Å². The van der Waals surface area contributed by atoms with Crippen molar-refractivity contribution in [2.45, 2.75) is 31.7 Å². The number of hydrogen-bond donors (Lipinski definition) is 2. The molecular weight excluding hydrogens is 361 g/mol. The van der Waals surface area contributed by atoms with Crippen molar-refractivity contribution < 1.29 is 18.0 Å². The number of nitrogens with one attached hydrogen (secondary N) is 2. The maximum absolute atomic E-state index is 14.8. The molecule has 0 aliphatic carbocycles. The van der Waals surface area contributed by atoms with Crippen LogP contribution in [0.1, 0.15) is 36.7 Å². The molecule has 0 saturated heterocycles. The molecule has 7 heteroatoms. The zero-order valence-electron chi connectivity index (χ0n) is 14.8. The van der Waals surface area contributed by atoms with E-state index in [1.54, 1.807) is 24.3 Å². The van der Waals surface area contributed by atoms with E-state index < -0.39 is 23.2 Å². The third-order valence-corrected chi connectivity index (χ3v) is 4.43. The van der Waals surface area contributed by atoms with Crippen molar-refractivity contribution in [3.8, 4) is 0 Å². The monoisotopic (exact) mass is 382 g/mol. The van der Waals surface area contributed by atoms with E-state index >= 15 is 0 Å². The van der Waals surface area contributed by atoms with Gasteiger partial charge in [0.15, 0.2) is 0 Å².